The molecule has 1 atom stereocenters. The molecule has 4 heterocycles. The molecule has 1 aliphatic carbocycles. The van der Waals surface area contributed by atoms with Crippen molar-refractivity contribution in [2.75, 3.05) is 7.11 Å². The van der Waals surface area contributed by atoms with E-state index in [0.717, 1.165) is 25.1 Å². The zero-order valence-corrected chi connectivity index (χ0v) is 21.3. The summed E-state index contributed by atoms with van der Waals surface area (Å²) in [5.41, 5.74) is 2.28. The number of amidine groups is 1. The van der Waals surface area contributed by atoms with Crippen molar-refractivity contribution in [2.24, 2.45) is 11.0 Å². The molecule has 0 saturated heterocycles. The van der Waals surface area contributed by atoms with E-state index in [0.29, 0.717) is 11.1 Å². The highest BCUT2D eigenvalue weighted by Gasteiger charge is 2.25. The van der Waals surface area contributed by atoms with Crippen molar-refractivity contribution < 1.29 is 18.3 Å². The van der Waals surface area contributed by atoms with Crippen LogP contribution in [-0.2, 0) is 0 Å². The second kappa shape index (κ2) is 10.8. The second-order valence-corrected chi connectivity index (χ2v) is 9.84. The SMILES string of the molecule is COc1cnc(C(F)F)cc1-c1cc(-n2ccc(Cl)cc2=O)ncc1C(=O)NC1=NNC(C#CC2CC2)S1. The van der Waals surface area contributed by atoms with Gasteiger partial charge in [0.05, 0.1) is 18.9 Å². The van der Waals surface area contributed by atoms with Crippen molar-refractivity contribution in [3.05, 3.63) is 69.5 Å². The van der Waals surface area contributed by atoms with Gasteiger partial charge in [-0.3, -0.25) is 29.9 Å². The van der Waals surface area contributed by atoms with Crippen LogP contribution < -0.4 is 21.0 Å². The van der Waals surface area contributed by atoms with Gasteiger partial charge in [-0.25, -0.2) is 13.8 Å². The molecule has 3 aromatic heterocycles. The third-order valence-electron chi connectivity index (χ3n) is 5.61. The number of hydrogen-bond donors (Lipinski definition) is 2. The van der Waals surface area contributed by atoms with Crippen molar-refractivity contribution in [3.63, 3.8) is 0 Å². The number of rotatable bonds is 5. The molecule has 13 heteroatoms. The fourth-order valence-electron chi connectivity index (χ4n) is 3.56. The fourth-order valence-corrected chi connectivity index (χ4v) is 4.42. The Labute approximate surface area is 224 Å². The lowest BCUT2D eigenvalue weighted by Crippen LogP contribution is -2.28. The van der Waals surface area contributed by atoms with E-state index in [1.54, 1.807) is 0 Å². The number of ether oxygens (including phenoxy) is 1. The molecule has 0 spiro atoms. The molecule has 0 bridgehead atoms. The zero-order chi connectivity index (χ0) is 26.8. The minimum atomic E-state index is -2.86. The molecular weight excluding hydrogens is 538 g/mol. The highest BCUT2D eigenvalue weighted by Crippen LogP contribution is 2.35. The van der Waals surface area contributed by atoms with Gasteiger partial charge < -0.3 is 4.74 Å². The number of methoxy groups -OCH3 is 1. The highest BCUT2D eigenvalue weighted by molar-refractivity contribution is 8.14. The number of pyridine rings is 3. The van der Waals surface area contributed by atoms with E-state index in [2.05, 4.69) is 37.7 Å². The van der Waals surface area contributed by atoms with E-state index in [-0.39, 0.29) is 38.7 Å². The van der Waals surface area contributed by atoms with Crippen LogP contribution in [0.15, 0.2) is 52.8 Å². The topological polar surface area (TPSA) is 111 Å². The van der Waals surface area contributed by atoms with Crippen LogP contribution in [0.25, 0.3) is 16.9 Å². The van der Waals surface area contributed by atoms with Gasteiger partial charge in [-0.05, 0) is 42.8 Å². The Morgan fingerprint density at radius 2 is 2.05 bits per heavy atom. The lowest BCUT2D eigenvalue weighted by molar-refractivity contribution is 0.0978. The van der Waals surface area contributed by atoms with Crippen LogP contribution in [0.3, 0.4) is 0 Å². The maximum Gasteiger partial charge on any atom is 0.280 e. The van der Waals surface area contributed by atoms with Crippen molar-refractivity contribution in [3.8, 4) is 34.5 Å². The molecular formula is C25H19ClF2N6O3S. The number of hydrazone groups is 1. The second-order valence-electron chi connectivity index (χ2n) is 8.31. The number of alkyl halides is 2. The third kappa shape index (κ3) is 5.64. The van der Waals surface area contributed by atoms with Crippen LogP contribution >= 0.6 is 23.4 Å². The lowest BCUT2D eigenvalue weighted by Gasteiger charge is -2.15. The van der Waals surface area contributed by atoms with E-state index in [9.17, 15) is 18.4 Å². The Morgan fingerprint density at radius 3 is 2.76 bits per heavy atom. The summed E-state index contributed by atoms with van der Waals surface area (Å²) in [6.45, 7) is 0. The number of thioether (sulfide) groups is 1. The molecule has 1 aliphatic heterocycles. The predicted molar refractivity (Wildman–Crippen MR) is 139 cm³/mol. The molecule has 1 unspecified atom stereocenters. The monoisotopic (exact) mass is 556 g/mol. The molecule has 9 nitrogen and oxygen atoms in total. The molecule has 2 N–H and O–H groups in total. The Kier molecular flexibility index (Phi) is 7.31. The number of nitrogens with one attached hydrogen (secondary N) is 2. The number of nitrogens with zero attached hydrogens (tertiary/aromatic N) is 4. The molecule has 0 aromatic carbocycles. The average molecular weight is 557 g/mol. The minimum absolute atomic E-state index is 0.0382. The van der Waals surface area contributed by atoms with Crippen LogP contribution in [0.1, 0.15) is 35.3 Å². The Bertz CT molecular complexity index is 1560. The number of halogens is 3. The number of aromatic nitrogens is 3. The summed E-state index contributed by atoms with van der Waals surface area (Å²) >= 11 is 7.15. The summed E-state index contributed by atoms with van der Waals surface area (Å²) in [5.74, 6) is 6.34. The van der Waals surface area contributed by atoms with Crippen molar-refractivity contribution in [1.29, 1.82) is 0 Å². The van der Waals surface area contributed by atoms with E-state index < -0.39 is 23.6 Å². The van der Waals surface area contributed by atoms with Crippen molar-refractivity contribution in [1.82, 2.24) is 25.3 Å². The standard InChI is InChI=1S/C25H19ClF2N6O3S/c1-37-19-12-29-18(23(27)28)9-16(19)15-10-20(34-7-6-14(26)8-22(34)35)30-11-17(15)24(36)31-25-33-32-21(38-25)5-4-13-2-3-13/h6-13,21,23,32H,2-3H2,1H3,(H,31,33,36). The van der Waals surface area contributed by atoms with Gasteiger partial charge in [-0.2, -0.15) is 5.10 Å². The predicted octanol–water partition coefficient (Wildman–Crippen LogP) is 3.97. The van der Waals surface area contributed by atoms with Crippen LogP contribution in [0.5, 0.6) is 5.75 Å². The summed E-state index contributed by atoms with van der Waals surface area (Å²) < 4.78 is 33.6. The normalized spacial score (nSPS) is 16.3. The van der Waals surface area contributed by atoms with Gasteiger partial charge in [0.1, 0.15) is 17.3 Å². The molecule has 194 valence electrons. The third-order valence-corrected chi connectivity index (χ3v) is 6.72. The van der Waals surface area contributed by atoms with Crippen LogP contribution in [-0.4, -0.2) is 38.1 Å². The zero-order valence-electron chi connectivity index (χ0n) is 19.7. The number of carbonyl (C=O) groups excluding carboxylic acids is 1. The van der Waals surface area contributed by atoms with E-state index in [4.69, 9.17) is 16.3 Å². The Hall–Kier alpha value is -3.95. The Morgan fingerprint density at radius 1 is 1.24 bits per heavy atom. The summed E-state index contributed by atoms with van der Waals surface area (Å²) in [6.07, 6.45) is 3.14. The molecule has 2 aliphatic rings. The van der Waals surface area contributed by atoms with Gasteiger partial charge in [0.15, 0.2) is 10.5 Å². The smallest absolute Gasteiger partial charge is 0.280 e. The van der Waals surface area contributed by atoms with Crippen LogP contribution in [0, 0.1) is 17.8 Å². The first kappa shape index (κ1) is 25.7. The van der Waals surface area contributed by atoms with Gasteiger partial charge in [-0.1, -0.05) is 23.4 Å². The summed E-state index contributed by atoms with van der Waals surface area (Å²) in [7, 11) is 1.35. The van der Waals surface area contributed by atoms with Crippen molar-refractivity contribution in [2.45, 2.75) is 24.6 Å². The molecule has 1 saturated carbocycles. The minimum Gasteiger partial charge on any atom is -0.494 e. The van der Waals surface area contributed by atoms with Gasteiger partial charge in [0.25, 0.3) is 17.9 Å². The van der Waals surface area contributed by atoms with E-state index >= 15 is 0 Å². The highest BCUT2D eigenvalue weighted by atomic mass is 35.5. The summed E-state index contributed by atoms with van der Waals surface area (Å²) in [5, 5.41) is 7.07. The number of carbonyl (C=O) groups is 1. The summed E-state index contributed by atoms with van der Waals surface area (Å²) in [4.78, 5) is 33.9. The Balaban J connectivity index is 1.53. The van der Waals surface area contributed by atoms with E-state index in [1.165, 1.54) is 54.0 Å². The lowest BCUT2D eigenvalue weighted by atomic mass is 10.00. The number of amides is 1. The van der Waals surface area contributed by atoms with Gasteiger partial charge in [0.2, 0.25) is 0 Å². The van der Waals surface area contributed by atoms with Gasteiger partial charge in [0, 0.05) is 40.5 Å². The van der Waals surface area contributed by atoms with Gasteiger partial charge in [-0.15, -0.1) is 0 Å². The van der Waals surface area contributed by atoms with Crippen LogP contribution in [0.2, 0.25) is 5.02 Å². The first-order chi connectivity index (χ1) is 18.3. The average Bonchev–Trinajstić information content (AvgIpc) is 3.64. The maximum absolute atomic E-state index is 13.5. The first-order valence-corrected chi connectivity index (χ1v) is 12.6. The molecule has 5 rings (SSSR count). The van der Waals surface area contributed by atoms with Crippen LogP contribution in [0.4, 0.5) is 8.78 Å². The van der Waals surface area contributed by atoms with Gasteiger partial charge >= 0.3 is 0 Å². The quantitative estimate of drug-likeness (QED) is 0.458. The van der Waals surface area contributed by atoms with Crippen molar-refractivity contribution >= 4 is 34.4 Å². The molecule has 1 fully saturated rings. The maximum atomic E-state index is 13.5. The first-order valence-electron chi connectivity index (χ1n) is 11.4. The van der Waals surface area contributed by atoms with E-state index in [1.807, 2.05) is 0 Å². The molecule has 1 amide bonds. The summed E-state index contributed by atoms with van der Waals surface area (Å²) in [6, 6.07) is 5.27. The molecule has 0 radical (unpaired) electrons. The fraction of sp³-hybridized carbons (Fsp3) is 0.240. The molecule has 38 heavy (non-hydrogen) atoms. The number of hydrogen-bond acceptors (Lipinski definition) is 8. The largest absolute Gasteiger partial charge is 0.494 e. The molecule has 3 aromatic rings.